The summed E-state index contributed by atoms with van der Waals surface area (Å²) in [6.07, 6.45) is 0. The van der Waals surface area contributed by atoms with Crippen LogP contribution in [0.5, 0.6) is 11.5 Å². The van der Waals surface area contributed by atoms with Gasteiger partial charge in [0.1, 0.15) is 17.2 Å². The minimum Gasteiger partial charge on any atom is -0.497 e. The first-order chi connectivity index (χ1) is 9.65. The largest absolute Gasteiger partial charge is 0.497 e. The molecule has 102 valence electrons. The SMILES string of the molecule is COc1ccc(-n2nnc3c2C(=O)OC3=O)c(OC)c1. The van der Waals surface area contributed by atoms with Crippen molar-refractivity contribution in [1.29, 1.82) is 0 Å². The molecule has 3 rings (SSSR count). The van der Waals surface area contributed by atoms with Crippen LogP contribution in [0.15, 0.2) is 18.2 Å². The number of hydrogen-bond acceptors (Lipinski definition) is 7. The Morgan fingerprint density at radius 2 is 1.95 bits per heavy atom. The molecule has 2 heterocycles. The van der Waals surface area contributed by atoms with Gasteiger partial charge in [-0.2, -0.15) is 0 Å². The summed E-state index contributed by atoms with van der Waals surface area (Å²) < 4.78 is 16.0. The van der Waals surface area contributed by atoms with Gasteiger partial charge in [0.15, 0.2) is 5.69 Å². The van der Waals surface area contributed by atoms with Crippen LogP contribution >= 0.6 is 0 Å². The van der Waals surface area contributed by atoms with Gasteiger partial charge in [0.05, 0.1) is 14.2 Å². The summed E-state index contributed by atoms with van der Waals surface area (Å²) in [5.74, 6) is -0.582. The van der Waals surface area contributed by atoms with Gasteiger partial charge >= 0.3 is 11.9 Å². The third-order valence-corrected chi connectivity index (χ3v) is 2.86. The number of fused-ring (bicyclic) bond motifs is 1. The maximum Gasteiger partial charge on any atom is 0.369 e. The average molecular weight is 275 g/mol. The standard InChI is InChI=1S/C12H9N3O5/c1-18-6-3-4-7(8(5-6)19-2)15-10-9(13-14-15)11(16)20-12(10)17/h3-5H,1-2H3. The fourth-order valence-corrected chi connectivity index (χ4v) is 1.91. The second-order valence-corrected chi connectivity index (χ2v) is 3.91. The normalized spacial score (nSPS) is 13.1. The molecule has 0 bridgehead atoms. The van der Waals surface area contributed by atoms with Crippen LogP contribution in [0.3, 0.4) is 0 Å². The van der Waals surface area contributed by atoms with Crippen LogP contribution in [0.25, 0.3) is 5.69 Å². The minimum atomic E-state index is -0.802. The maximum atomic E-state index is 11.6. The summed E-state index contributed by atoms with van der Waals surface area (Å²) in [5, 5.41) is 7.45. The van der Waals surface area contributed by atoms with Gasteiger partial charge in [0.2, 0.25) is 5.69 Å². The molecule has 0 aliphatic carbocycles. The molecule has 0 fully saturated rings. The monoisotopic (exact) mass is 275 g/mol. The van der Waals surface area contributed by atoms with Gasteiger partial charge in [-0.05, 0) is 12.1 Å². The Balaban J connectivity index is 2.18. The maximum absolute atomic E-state index is 11.6. The zero-order valence-corrected chi connectivity index (χ0v) is 10.6. The van der Waals surface area contributed by atoms with Gasteiger partial charge in [-0.3, -0.25) is 0 Å². The molecule has 1 aliphatic rings. The van der Waals surface area contributed by atoms with E-state index >= 15 is 0 Å². The average Bonchev–Trinajstić information content (AvgIpc) is 3.01. The lowest BCUT2D eigenvalue weighted by atomic mass is 10.2. The van der Waals surface area contributed by atoms with Gasteiger partial charge in [0, 0.05) is 6.07 Å². The molecule has 8 nitrogen and oxygen atoms in total. The van der Waals surface area contributed by atoms with Crippen LogP contribution in [0.2, 0.25) is 0 Å². The molecule has 2 aromatic rings. The fourth-order valence-electron chi connectivity index (χ4n) is 1.91. The third-order valence-electron chi connectivity index (χ3n) is 2.86. The summed E-state index contributed by atoms with van der Waals surface area (Å²) in [6, 6.07) is 4.95. The molecule has 0 saturated carbocycles. The summed E-state index contributed by atoms with van der Waals surface area (Å²) in [4.78, 5) is 23.0. The number of carbonyl (C=O) groups excluding carboxylic acids is 2. The number of hydrogen-bond donors (Lipinski definition) is 0. The zero-order chi connectivity index (χ0) is 14.3. The molecule has 20 heavy (non-hydrogen) atoms. The second-order valence-electron chi connectivity index (χ2n) is 3.91. The Bertz CT molecular complexity index is 722. The van der Waals surface area contributed by atoms with Crippen molar-refractivity contribution in [3.05, 3.63) is 29.6 Å². The van der Waals surface area contributed by atoms with Crippen LogP contribution in [-0.2, 0) is 4.74 Å². The van der Waals surface area contributed by atoms with Crippen molar-refractivity contribution in [2.45, 2.75) is 0 Å². The van der Waals surface area contributed by atoms with E-state index in [1.165, 1.54) is 18.9 Å². The number of methoxy groups -OCH3 is 2. The van der Waals surface area contributed by atoms with Gasteiger partial charge in [-0.25, -0.2) is 14.3 Å². The summed E-state index contributed by atoms with van der Waals surface area (Å²) in [7, 11) is 3.00. The van der Waals surface area contributed by atoms with E-state index in [1.54, 1.807) is 18.2 Å². The van der Waals surface area contributed by atoms with E-state index in [-0.39, 0.29) is 11.4 Å². The lowest BCUT2D eigenvalue weighted by molar-refractivity contribution is 0.0434. The molecule has 1 aromatic carbocycles. The molecule has 0 amide bonds. The van der Waals surface area contributed by atoms with E-state index < -0.39 is 11.9 Å². The molecule has 1 aromatic heterocycles. The van der Waals surface area contributed by atoms with Crippen LogP contribution in [0.1, 0.15) is 21.0 Å². The lowest BCUT2D eigenvalue weighted by Gasteiger charge is -2.10. The first kappa shape index (κ1) is 12.2. The number of esters is 2. The number of aromatic nitrogens is 3. The first-order valence-electron chi connectivity index (χ1n) is 5.60. The third kappa shape index (κ3) is 1.62. The molecule has 0 saturated heterocycles. The van der Waals surface area contributed by atoms with Crippen molar-refractivity contribution in [2.24, 2.45) is 0 Å². The van der Waals surface area contributed by atoms with Crippen LogP contribution < -0.4 is 9.47 Å². The van der Waals surface area contributed by atoms with E-state index in [2.05, 4.69) is 15.0 Å². The number of rotatable bonds is 3. The van der Waals surface area contributed by atoms with Gasteiger partial charge in [-0.1, -0.05) is 5.21 Å². The highest BCUT2D eigenvalue weighted by molar-refractivity contribution is 6.12. The molecule has 0 spiro atoms. The van der Waals surface area contributed by atoms with Gasteiger partial charge < -0.3 is 14.2 Å². The van der Waals surface area contributed by atoms with E-state index in [9.17, 15) is 9.59 Å². The Morgan fingerprint density at radius 1 is 1.15 bits per heavy atom. The fraction of sp³-hybridized carbons (Fsp3) is 0.167. The predicted octanol–water partition coefficient (Wildman–Crippen LogP) is 0.595. The van der Waals surface area contributed by atoms with Crippen molar-refractivity contribution in [1.82, 2.24) is 15.0 Å². The quantitative estimate of drug-likeness (QED) is 0.598. The van der Waals surface area contributed by atoms with E-state index in [0.29, 0.717) is 17.2 Å². The van der Waals surface area contributed by atoms with Gasteiger partial charge in [0.25, 0.3) is 0 Å². The van der Waals surface area contributed by atoms with Crippen LogP contribution in [0.4, 0.5) is 0 Å². The molecular weight excluding hydrogens is 266 g/mol. The van der Waals surface area contributed by atoms with Crippen molar-refractivity contribution >= 4 is 11.9 Å². The summed E-state index contributed by atoms with van der Waals surface area (Å²) in [5.41, 5.74) is 0.333. The Kier molecular flexibility index (Phi) is 2.63. The number of cyclic esters (lactones) is 2. The summed E-state index contributed by atoms with van der Waals surface area (Å²) in [6.45, 7) is 0. The van der Waals surface area contributed by atoms with Gasteiger partial charge in [-0.15, -0.1) is 5.10 Å². The van der Waals surface area contributed by atoms with Crippen molar-refractivity contribution in [2.75, 3.05) is 14.2 Å². The molecule has 8 heteroatoms. The smallest absolute Gasteiger partial charge is 0.369 e. The highest BCUT2D eigenvalue weighted by Crippen LogP contribution is 2.30. The highest BCUT2D eigenvalue weighted by atomic mass is 16.6. The van der Waals surface area contributed by atoms with Crippen molar-refractivity contribution in [3.8, 4) is 17.2 Å². The van der Waals surface area contributed by atoms with Crippen LogP contribution in [-0.4, -0.2) is 41.2 Å². The number of benzene rings is 1. The summed E-state index contributed by atoms with van der Waals surface area (Å²) >= 11 is 0. The number of nitrogens with zero attached hydrogens (tertiary/aromatic N) is 3. The molecule has 1 aliphatic heterocycles. The second kappa shape index (κ2) is 4.34. The lowest BCUT2D eigenvalue weighted by Crippen LogP contribution is -2.09. The van der Waals surface area contributed by atoms with Crippen LogP contribution in [0, 0.1) is 0 Å². The van der Waals surface area contributed by atoms with E-state index in [1.807, 2.05) is 0 Å². The number of carbonyl (C=O) groups is 2. The molecule has 0 radical (unpaired) electrons. The van der Waals surface area contributed by atoms with E-state index in [4.69, 9.17) is 9.47 Å². The van der Waals surface area contributed by atoms with E-state index in [0.717, 1.165) is 0 Å². The topological polar surface area (TPSA) is 92.5 Å². The molecule has 0 atom stereocenters. The molecule has 0 unspecified atom stereocenters. The first-order valence-corrected chi connectivity index (χ1v) is 5.60. The Hall–Kier alpha value is -2.90. The Labute approximate surface area is 112 Å². The minimum absolute atomic E-state index is 0.0153. The molecule has 0 N–H and O–H groups in total. The highest BCUT2D eigenvalue weighted by Gasteiger charge is 2.37. The number of ether oxygens (including phenoxy) is 3. The molecular formula is C12H9N3O5. The Morgan fingerprint density at radius 3 is 2.65 bits per heavy atom. The zero-order valence-electron chi connectivity index (χ0n) is 10.6. The van der Waals surface area contributed by atoms with Crippen molar-refractivity contribution in [3.63, 3.8) is 0 Å². The predicted molar refractivity (Wildman–Crippen MR) is 64.2 cm³/mol. The van der Waals surface area contributed by atoms with Crippen molar-refractivity contribution < 1.29 is 23.8 Å².